The van der Waals surface area contributed by atoms with Gasteiger partial charge in [-0.2, -0.15) is 0 Å². The molecule has 0 bridgehead atoms. The molecule has 0 atom stereocenters. The van der Waals surface area contributed by atoms with Gasteiger partial charge in [0, 0.05) is 16.1 Å². The fourth-order valence-electron chi connectivity index (χ4n) is 1.40. The second kappa shape index (κ2) is 7.53. The average molecular weight is 382 g/mol. The van der Waals surface area contributed by atoms with E-state index in [4.69, 9.17) is 27.6 Å². The summed E-state index contributed by atoms with van der Waals surface area (Å²) < 4.78 is 5.57. The number of unbranched alkanes of at least 4 members (excludes halogenated alkanes) is 1. The first-order chi connectivity index (χ1) is 9.20. The summed E-state index contributed by atoms with van der Waals surface area (Å²) in [5.74, 6) is 1.38. The molecule has 1 aromatic carbocycles. The summed E-state index contributed by atoms with van der Waals surface area (Å²) in [4.78, 5) is 0. The minimum atomic E-state index is 0.421. The molecule has 19 heavy (non-hydrogen) atoms. The monoisotopic (exact) mass is 380 g/mol. The Bertz CT molecular complexity index is 550. The highest BCUT2D eigenvalue weighted by Crippen LogP contribution is 2.31. The Morgan fingerprint density at radius 1 is 1.21 bits per heavy atom. The maximum atomic E-state index is 6.09. The van der Waals surface area contributed by atoms with Crippen LogP contribution in [-0.4, -0.2) is 21.3 Å². The molecule has 102 valence electrons. The molecule has 0 radical (unpaired) electrons. The summed E-state index contributed by atoms with van der Waals surface area (Å²) >= 11 is 16.9. The first kappa shape index (κ1) is 15.2. The Hall–Kier alpha value is -0.230. The van der Waals surface area contributed by atoms with Crippen LogP contribution in [0.4, 0.5) is 0 Å². The zero-order valence-corrected chi connectivity index (χ0v) is 13.8. The van der Waals surface area contributed by atoms with E-state index in [9.17, 15) is 0 Å². The number of hydrogen-bond donors (Lipinski definition) is 0. The van der Waals surface area contributed by atoms with Gasteiger partial charge in [0.25, 0.3) is 5.22 Å². The molecule has 0 N–H and O–H groups in total. The lowest BCUT2D eigenvalue weighted by molar-refractivity contribution is 0.466. The van der Waals surface area contributed by atoms with Gasteiger partial charge in [-0.1, -0.05) is 50.9 Å². The van der Waals surface area contributed by atoms with Gasteiger partial charge in [0.15, 0.2) is 0 Å². The number of alkyl halides is 1. The number of hydrogen-bond acceptors (Lipinski definition) is 4. The summed E-state index contributed by atoms with van der Waals surface area (Å²) in [6.45, 7) is 0. The van der Waals surface area contributed by atoms with Crippen LogP contribution in [0.2, 0.25) is 10.0 Å². The summed E-state index contributed by atoms with van der Waals surface area (Å²) in [5, 5.41) is 10.7. The topological polar surface area (TPSA) is 38.9 Å². The lowest BCUT2D eigenvalue weighted by Gasteiger charge is -1.99. The summed E-state index contributed by atoms with van der Waals surface area (Å²) in [6.07, 6.45) is 2.24. The highest BCUT2D eigenvalue weighted by molar-refractivity contribution is 9.09. The predicted molar refractivity (Wildman–Crippen MR) is 83.5 cm³/mol. The number of benzene rings is 1. The van der Waals surface area contributed by atoms with E-state index in [1.54, 1.807) is 30.0 Å². The van der Waals surface area contributed by atoms with E-state index in [1.807, 2.05) is 0 Å². The van der Waals surface area contributed by atoms with Gasteiger partial charge in [-0.3, -0.25) is 0 Å². The normalized spacial score (nSPS) is 10.9. The number of nitrogens with zero attached hydrogens (tertiary/aromatic N) is 2. The number of thioether (sulfide) groups is 1. The zero-order valence-electron chi connectivity index (χ0n) is 9.91. The highest BCUT2D eigenvalue weighted by atomic mass is 79.9. The third-order valence-corrected chi connectivity index (χ3v) is 4.33. The predicted octanol–water partition coefficient (Wildman–Crippen LogP) is 5.31. The molecule has 0 aliphatic heterocycles. The highest BCUT2D eigenvalue weighted by Gasteiger charge is 2.12. The van der Waals surface area contributed by atoms with Crippen molar-refractivity contribution in [2.45, 2.75) is 18.1 Å². The van der Waals surface area contributed by atoms with Crippen LogP contribution in [0.15, 0.2) is 27.8 Å². The van der Waals surface area contributed by atoms with Gasteiger partial charge in [-0.05, 0) is 31.0 Å². The molecular formula is C12H11BrCl2N2OS. The molecule has 0 amide bonds. The van der Waals surface area contributed by atoms with E-state index in [-0.39, 0.29) is 0 Å². The second-order valence-electron chi connectivity index (χ2n) is 3.74. The molecule has 0 aliphatic rings. The molecule has 1 aromatic heterocycles. The summed E-state index contributed by atoms with van der Waals surface area (Å²) in [5.41, 5.74) is 0.700. The zero-order chi connectivity index (χ0) is 13.7. The van der Waals surface area contributed by atoms with Gasteiger partial charge in [-0.25, -0.2) is 0 Å². The van der Waals surface area contributed by atoms with Crippen molar-refractivity contribution in [1.29, 1.82) is 0 Å². The standard InChI is InChI=1S/C12H11BrCl2N2OS/c13-5-1-2-6-19-12-17-16-11(18-12)9-4-3-8(14)7-10(9)15/h3-4,7H,1-2,5-6H2. The first-order valence-electron chi connectivity index (χ1n) is 5.68. The Balaban J connectivity index is 2.04. The summed E-state index contributed by atoms with van der Waals surface area (Å²) in [7, 11) is 0. The molecule has 1 heterocycles. The van der Waals surface area contributed by atoms with Crippen LogP contribution >= 0.6 is 50.9 Å². The Morgan fingerprint density at radius 2 is 2.05 bits per heavy atom. The molecule has 2 rings (SSSR count). The van der Waals surface area contributed by atoms with Crippen molar-refractivity contribution in [1.82, 2.24) is 10.2 Å². The van der Waals surface area contributed by atoms with E-state index in [0.29, 0.717) is 26.7 Å². The number of aromatic nitrogens is 2. The Morgan fingerprint density at radius 3 is 2.79 bits per heavy atom. The van der Waals surface area contributed by atoms with Gasteiger partial charge < -0.3 is 4.42 Å². The van der Waals surface area contributed by atoms with Crippen LogP contribution in [0.25, 0.3) is 11.5 Å². The van der Waals surface area contributed by atoms with Crippen LogP contribution in [0, 0.1) is 0 Å². The third-order valence-electron chi connectivity index (χ3n) is 2.32. The molecule has 3 nitrogen and oxygen atoms in total. The molecule has 0 aliphatic carbocycles. The fraction of sp³-hybridized carbons (Fsp3) is 0.333. The van der Waals surface area contributed by atoms with Gasteiger partial charge in [-0.15, -0.1) is 10.2 Å². The second-order valence-corrected chi connectivity index (χ2v) is 6.42. The Labute approximate surface area is 134 Å². The lowest BCUT2D eigenvalue weighted by atomic mass is 10.2. The number of halogens is 3. The van der Waals surface area contributed by atoms with Gasteiger partial charge in [0.2, 0.25) is 5.89 Å². The molecule has 0 saturated carbocycles. The molecule has 0 spiro atoms. The van der Waals surface area contributed by atoms with Crippen LogP contribution < -0.4 is 0 Å². The van der Waals surface area contributed by atoms with Crippen LogP contribution in [0.5, 0.6) is 0 Å². The van der Waals surface area contributed by atoms with Crippen molar-refractivity contribution >= 4 is 50.9 Å². The van der Waals surface area contributed by atoms with Crippen LogP contribution in [-0.2, 0) is 0 Å². The summed E-state index contributed by atoms with van der Waals surface area (Å²) in [6, 6.07) is 5.18. The quantitative estimate of drug-likeness (QED) is 0.386. The van der Waals surface area contributed by atoms with Gasteiger partial charge in [0.05, 0.1) is 10.6 Å². The largest absolute Gasteiger partial charge is 0.411 e. The third kappa shape index (κ3) is 4.38. The average Bonchev–Trinajstić information content (AvgIpc) is 2.83. The molecule has 0 saturated heterocycles. The van der Waals surface area contributed by atoms with Crippen molar-refractivity contribution in [2.75, 3.05) is 11.1 Å². The van der Waals surface area contributed by atoms with Gasteiger partial charge in [0.1, 0.15) is 0 Å². The maximum absolute atomic E-state index is 6.09. The van der Waals surface area contributed by atoms with E-state index in [2.05, 4.69) is 26.1 Å². The van der Waals surface area contributed by atoms with E-state index >= 15 is 0 Å². The molecule has 2 aromatic rings. The van der Waals surface area contributed by atoms with Gasteiger partial charge >= 0.3 is 0 Å². The lowest BCUT2D eigenvalue weighted by Crippen LogP contribution is -1.81. The first-order valence-corrected chi connectivity index (χ1v) is 8.54. The SMILES string of the molecule is Clc1ccc(-c2nnc(SCCCCBr)o2)c(Cl)c1. The van der Waals surface area contributed by atoms with Crippen molar-refractivity contribution in [3.05, 3.63) is 28.2 Å². The van der Waals surface area contributed by atoms with Crippen LogP contribution in [0.3, 0.4) is 0 Å². The maximum Gasteiger partial charge on any atom is 0.276 e. The van der Waals surface area contributed by atoms with Crippen LogP contribution in [0.1, 0.15) is 12.8 Å². The van der Waals surface area contributed by atoms with E-state index in [1.165, 1.54) is 0 Å². The Kier molecular flexibility index (Phi) is 6.01. The van der Waals surface area contributed by atoms with Crippen molar-refractivity contribution in [2.24, 2.45) is 0 Å². The van der Waals surface area contributed by atoms with E-state index in [0.717, 1.165) is 23.9 Å². The van der Waals surface area contributed by atoms with Crippen molar-refractivity contribution in [3.8, 4) is 11.5 Å². The molecular weight excluding hydrogens is 371 g/mol. The smallest absolute Gasteiger partial charge is 0.276 e. The van der Waals surface area contributed by atoms with Crippen molar-refractivity contribution < 1.29 is 4.42 Å². The van der Waals surface area contributed by atoms with E-state index < -0.39 is 0 Å². The molecule has 7 heteroatoms. The number of rotatable bonds is 6. The molecule has 0 fully saturated rings. The fourth-order valence-corrected chi connectivity index (χ4v) is 3.04. The minimum absolute atomic E-state index is 0.421. The van der Waals surface area contributed by atoms with Crippen molar-refractivity contribution in [3.63, 3.8) is 0 Å². The minimum Gasteiger partial charge on any atom is -0.411 e. The molecule has 0 unspecified atom stereocenters.